The van der Waals surface area contributed by atoms with Crippen LogP contribution in [0.4, 0.5) is 0 Å². The minimum atomic E-state index is -0.533. The summed E-state index contributed by atoms with van der Waals surface area (Å²) in [5, 5.41) is 0. The van der Waals surface area contributed by atoms with Crippen molar-refractivity contribution in [1.29, 1.82) is 0 Å². The zero-order chi connectivity index (χ0) is 10.4. The first-order valence-electron chi connectivity index (χ1n) is 4.50. The third-order valence-electron chi connectivity index (χ3n) is 1.72. The number of primary amides is 1. The highest BCUT2D eigenvalue weighted by Gasteiger charge is 2.15. The van der Waals surface area contributed by atoms with Gasteiger partial charge in [-0.2, -0.15) is 0 Å². The monoisotopic (exact) mass is 186 g/mol. The fourth-order valence-electron chi connectivity index (χ4n) is 1.01. The highest BCUT2D eigenvalue weighted by molar-refractivity contribution is 5.84. The molecule has 0 spiro atoms. The van der Waals surface area contributed by atoms with E-state index in [1.165, 1.54) is 0 Å². The number of rotatable bonds is 6. The van der Waals surface area contributed by atoms with Gasteiger partial charge in [-0.15, -0.1) is 0 Å². The summed E-state index contributed by atoms with van der Waals surface area (Å²) >= 11 is 0. The van der Waals surface area contributed by atoms with Crippen LogP contribution in [0.15, 0.2) is 0 Å². The molecule has 0 aromatic rings. The Morgan fingerprint density at radius 2 is 1.85 bits per heavy atom. The van der Waals surface area contributed by atoms with Crippen LogP contribution in [0, 0.1) is 5.92 Å². The lowest BCUT2D eigenvalue weighted by atomic mass is 9.99. The van der Waals surface area contributed by atoms with Crippen molar-refractivity contribution in [3.63, 3.8) is 0 Å². The molecule has 0 aromatic heterocycles. The minimum Gasteiger partial charge on any atom is -0.370 e. The number of carbonyl (C=O) groups is 2. The van der Waals surface area contributed by atoms with Crippen molar-refractivity contribution in [2.45, 2.75) is 39.2 Å². The first-order valence-corrected chi connectivity index (χ1v) is 4.50. The smallest absolute Gasteiger partial charge is 0.217 e. The van der Waals surface area contributed by atoms with Crippen molar-refractivity contribution < 1.29 is 9.59 Å². The number of nitrogens with two attached hydrogens (primary N) is 2. The van der Waals surface area contributed by atoms with Gasteiger partial charge in [0.15, 0.2) is 0 Å². The molecule has 4 N–H and O–H groups in total. The van der Waals surface area contributed by atoms with E-state index in [4.69, 9.17) is 11.5 Å². The molecule has 1 atom stereocenters. The Bertz CT molecular complexity index is 190. The number of hydrogen-bond donors (Lipinski definition) is 2. The van der Waals surface area contributed by atoms with Crippen LogP contribution < -0.4 is 11.5 Å². The number of hydrogen-bond acceptors (Lipinski definition) is 3. The quantitative estimate of drug-likeness (QED) is 0.621. The molecule has 0 aliphatic heterocycles. The van der Waals surface area contributed by atoms with Crippen molar-refractivity contribution in [2.75, 3.05) is 0 Å². The number of ketones is 1. The molecule has 4 nitrogen and oxygen atoms in total. The van der Waals surface area contributed by atoms with Crippen LogP contribution in [0.1, 0.15) is 33.1 Å². The van der Waals surface area contributed by atoms with Gasteiger partial charge in [-0.1, -0.05) is 13.8 Å². The molecule has 0 bridgehead atoms. The lowest BCUT2D eigenvalue weighted by Gasteiger charge is -2.10. The molecular formula is C9H18N2O2. The maximum Gasteiger partial charge on any atom is 0.217 e. The molecule has 4 heteroatoms. The topological polar surface area (TPSA) is 86.2 Å². The van der Waals surface area contributed by atoms with Crippen LogP contribution >= 0.6 is 0 Å². The molecular weight excluding hydrogens is 168 g/mol. The highest BCUT2D eigenvalue weighted by atomic mass is 16.1. The Hall–Kier alpha value is -0.900. The second kappa shape index (κ2) is 5.70. The summed E-state index contributed by atoms with van der Waals surface area (Å²) in [5.41, 5.74) is 10.5. The van der Waals surface area contributed by atoms with E-state index in [0.29, 0.717) is 18.8 Å². The summed E-state index contributed by atoms with van der Waals surface area (Å²) in [6.45, 7) is 3.91. The Labute approximate surface area is 78.7 Å². The van der Waals surface area contributed by atoms with E-state index in [1.54, 1.807) is 0 Å². The number of carbonyl (C=O) groups excluding carboxylic acids is 2. The second-order valence-corrected chi connectivity index (χ2v) is 3.68. The Balaban J connectivity index is 3.76. The zero-order valence-corrected chi connectivity index (χ0v) is 8.25. The predicted molar refractivity (Wildman–Crippen MR) is 50.9 cm³/mol. The van der Waals surface area contributed by atoms with Crippen LogP contribution in [0.25, 0.3) is 0 Å². The summed E-state index contributed by atoms with van der Waals surface area (Å²) in [6.07, 6.45) is 1.02. The molecule has 0 aliphatic rings. The highest BCUT2D eigenvalue weighted by Crippen LogP contribution is 2.05. The molecule has 1 unspecified atom stereocenters. The zero-order valence-electron chi connectivity index (χ0n) is 8.25. The van der Waals surface area contributed by atoms with Crippen molar-refractivity contribution in [1.82, 2.24) is 0 Å². The van der Waals surface area contributed by atoms with E-state index in [2.05, 4.69) is 0 Å². The molecule has 0 aliphatic carbocycles. The van der Waals surface area contributed by atoms with Crippen LogP contribution in [-0.4, -0.2) is 17.7 Å². The molecule has 0 aromatic carbocycles. The van der Waals surface area contributed by atoms with Gasteiger partial charge < -0.3 is 11.5 Å². The van der Waals surface area contributed by atoms with Gasteiger partial charge in [-0.05, 0) is 12.3 Å². The lowest BCUT2D eigenvalue weighted by Crippen LogP contribution is -2.32. The van der Waals surface area contributed by atoms with Gasteiger partial charge in [0, 0.05) is 12.8 Å². The molecule has 13 heavy (non-hydrogen) atoms. The van der Waals surface area contributed by atoms with Crippen LogP contribution in [0.2, 0.25) is 0 Å². The van der Waals surface area contributed by atoms with E-state index in [0.717, 1.165) is 0 Å². The van der Waals surface area contributed by atoms with Crippen LogP contribution in [0.5, 0.6) is 0 Å². The Morgan fingerprint density at radius 1 is 1.31 bits per heavy atom. The third-order valence-corrected chi connectivity index (χ3v) is 1.72. The van der Waals surface area contributed by atoms with Crippen LogP contribution in [-0.2, 0) is 9.59 Å². The third kappa shape index (κ3) is 6.28. The summed E-state index contributed by atoms with van der Waals surface area (Å²) in [5.74, 6) is -0.0869. The van der Waals surface area contributed by atoms with Crippen molar-refractivity contribution in [2.24, 2.45) is 17.4 Å². The van der Waals surface area contributed by atoms with E-state index < -0.39 is 11.9 Å². The minimum absolute atomic E-state index is 0.0104. The predicted octanol–water partition coefficient (Wildman–Crippen LogP) is 0.194. The van der Waals surface area contributed by atoms with Gasteiger partial charge in [0.25, 0.3) is 0 Å². The largest absolute Gasteiger partial charge is 0.370 e. The van der Waals surface area contributed by atoms with Gasteiger partial charge in [-0.3, -0.25) is 9.59 Å². The fourth-order valence-corrected chi connectivity index (χ4v) is 1.01. The molecule has 0 fully saturated rings. The molecule has 0 radical (unpaired) electrons. The summed E-state index contributed by atoms with van der Waals surface area (Å²) < 4.78 is 0. The SMILES string of the molecule is CC(C)CC(=O)C(N)CCC(N)=O. The average Bonchev–Trinajstić information content (AvgIpc) is 1.98. The second-order valence-electron chi connectivity index (χ2n) is 3.68. The Kier molecular flexibility index (Phi) is 5.30. The van der Waals surface area contributed by atoms with E-state index in [-0.39, 0.29) is 12.2 Å². The van der Waals surface area contributed by atoms with Gasteiger partial charge >= 0.3 is 0 Å². The van der Waals surface area contributed by atoms with E-state index in [1.807, 2.05) is 13.8 Å². The van der Waals surface area contributed by atoms with Gasteiger partial charge in [0.1, 0.15) is 5.78 Å². The van der Waals surface area contributed by atoms with Crippen molar-refractivity contribution >= 4 is 11.7 Å². The van der Waals surface area contributed by atoms with Gasteiger partial charge in [0.2, 0.25) is 5.91 Å². The molecule has 0 saturated heterocycles. The first-order chi connectivity index (χ1) is 5.93. The van der Waals surface area contributed by atoms with Crippen LogP contribution in [0.3, 0.4) is 0 Å². The molecule has 1 amide bonds. The normalized spacial score (nSPS) is 12.9. The average molecular weight is 186 g/mol. The summed E-state index contributed by atoms with van der Waals surface area (Å²) in [6, 6.07) is -0.533. The lowest BCUT2D eigenvalue weighted by molar-refractivity contribution is -0.121. The molecule has 0 saturated carbocycles. The summed E-state index contributed by atoms with van der Waals surface area (Å²) in [7, 11) is 0. The first kappa shape index (κ1) is 12.1. The number of amides is 1. The van der Waals surface area contributed by atoms with Crippen molar-refractivity contribution in [3.05, 3.63) is 0 Å². The maximum absolute atomic E-state index is 11.3. The summed E-state index contributed by atoms with van der Waals surface area (Å²) in [4.78, 5) is 21.7. The maximum atomic E-state index is 11.3. The van der Waals surface area contributed by atoms with E-state index >= 15 is 0 Å². The van der Waals surface area contributed by atoms with Crippen molar-refractivity contribution in [3.8, 4) is 0 Å². The Morgan fingerprint density at radius 3 is 2.23 bits per heavy atom. The standard InChI is InChI=1S/C9H18N2O2/c1-6(2)5-8(12)7(10)3-4-9(11)13/h6-7H,3-5,10H2,1-2H3,(H2,11,13). The number of Topliss-reactive ketones (excluding diaryl/α,β-unsaturated/α-hetero) is 1. The van der Waals surface area contributed by atoms with Gasteiger partial charge in [-0.25, -0.2) is 0 Å². The fraction of sp³-hybridized carbons (Fsp3) is 0.778. The van der Waals surface area contributed by atoms with Gasteiger partial charge in [0.05, 0.1) is 6.04 Å². The van der Waals surface area contributed by atoms with E-state index in [9.17, 15) is 9.59 Å². The molecule has 0 heterocycles. The molecule has 0 rings (SSSR count). The molecule has 76 valence electrons.